The molecule has 0 saturated heterocycles. The Morgan fingerprint density at radius 1 is 1.18 bits per heavy atom. The SMILES string of the molecule is C=C(CCl)[Si](CC)(CC)CC. The van der Waals surface area contributed by atoms with Crippen LogP contribution in [0.15, 0.2) is 11.8 Å². The molecule has 0 aromatic carbocycles. The van der Waals surface area contributed by atoms with Crippen molar-refractivity contribution in [3.63, 3.8) is 0 Å². The molecule has 0 N–H and O–H groups in total. The fraction of sp³-hybridized carbons (Fsp3) is 0.778. The van der Waals surface area contributed by atoms with Crippen molar-refractivity contribution in [3.05, 3.63) is 11.8 Å². The molecule has 11 heavy (non-hydrogen) atoms. The van der Waals surface area contributed by atoms with Crippen LogP contribution in [0.4, 0.5) is 0 Å². The maximum atomic E-state index is 5.81. The first-order chi connectivity index (χ1) is 5.16. The first-order valence-electron chi connectivity index (χ1n) is 4.41. The number of hydrogen-bond donors (Lipinski definition) is 0. The van der Waals surface area contributed by atoms with Crippen molar-refractivity contribution in [1.82, 2.24) is 0 Å². The zero-order valence-electron chi connectivity index (χ0n) is 7.91. The second-order valence-corrected chi connectivity index (χ2v) is 8.73. The quantitative estimate of drug-likeness (QED) is 0.457. The summed E-state index contributed by atoms with van der Waals surface area (Å²) in [5.74, 6) is 0.668. The lowest BCUT2D eigenvalue weighted by Crippen LogP contribution is -2.34. The van der Waals surface area contributed by atoms with Crippen molar-refractivity contribution >= 4 is 19.7 Å². The van der Waals surface area contributed by atoms with Gasteiger partial charge in [0.1, 0.15) is 0 Å². The normalized spacial score (nSPS) is 11.6. The zero-order valence-corrected chi connectivity index (χ0v) is 9.67. The summed E-state index contributed by atoms with van der Waals surface area (Å²) < 4.78 is 0. The second kappa shape index (κ2) is 4.99. The van der Waals surface area contributed by atoms with Crippen LogP contribution in [0.5, 0.6) is 0 Å². The minimum Gasteiger partial charge on any atom is -0.122 e. The summed E-state index contributed by atoms with van der Waals surface area (Å²) >= 11 is 5.81. The summed E-state index contributed by atoms with van der Waals surface area (Å²) in [7, 11) is -1.15. The van der Waals surface area contributed by atoms with Crippen molar-refractivity contribution in [2.75, 3.05) is 5.88 Å². The molecule has 0 unspecified atom stereocenters. The molecule has 0 amide bonds. The van der Waals surface area contributed by atoms with E-state index in [4.69, 9.17) is 11.6 Å². The highest BCUT2D eigenvalue weighted by atomic mass is 35.5. The molecule has 0 aromatic heterocycles. The Kier molecular flexibility index (Phi) is 5.10. The highest BCUT2D eigenvalue weighted by Crippen LogP contribution is 2.27. The maximum absolute atomic E-state index is 5.81. The molecule has 0 rings (SSSR count). The van der Waals surface area contributed by atoms with E-state index in [0.717, 1.165) is 0 Å². The number of allylic oxidation sites excluding steroid dienone is 1. The lowest BCUT2D eigenvalue weighted by molar-refractivity contribution is 1.17. The summed E-state index contributed by atoms with van der Waals surface area (Å²) in [5.41, 5.74) is 0. The van der Waals surface area contributed by atoms with Gasteiger partial charge in [0.2, 0.25) is 0 Å². The molecule has 0 aromatic rings. The molecule has 0 heterocycles. The zero-order chi connectivity index (χ0) is 8.91. The standard InChI is InChI=1S/C9H19ClSi/c1-5-11(6-2,7-3)9(4)8-10/h4-8H2,1-3H3. The van der Waals surface area contributed by atoms with Gasteiger partial charge in [-0.25, -0.2) is 0 Å². The summed E-state index contributed by atoms with van der Waals surface area (Å²) in [4.78, 5) is 0. The molecule has 0 bridgehead atoms. The fourth-order valence-electron chi connectivity index (χ4n) is 1.64. The van der Waals surface area contributed by atoms with E-state index in [9.17, 15) is 0 Å². The molecular formula is C9H19ClSi. The Hall–Kier alpha value is 0.247. The van der Waals surface area contributed by atoms with Crippen molar-refractivity contribution in [3.8, 4) is 0 Å². The van der Waals surface area contributed by atoms with E-state index >= 15 is 0 Å². The lowest BCUT2D eigenvalue weighted by atomic mass is 10.7. The number of halogens is 1. The molecule has 66 valence electrons. The molecule has 0 nitrogen and oxygen atoms in total. The van der Waals surface area contributed by atoms with E-state index in [0.29, 0.717) is 5.88 Å². The van der Waals surface area contributed by atoms with E-state index < -0.39 is 8.07 Å². The largest absolute Gasteiger partial charge is 0.122 e. The third kappa shape index (κ3) is 2.34. The third-order valence-corrected chi connectivity index (χ3v) is 9.23. The molecule has 0 saturated carbocycles. The van der Waals surface area contributed by atoms with Gasteiger partial charge in [-0.15, -0.1) is 18.2 Å². The molecule has 0 aliphatic carbocycles. The average Bonchev–Trinajstić information content (AvgIpc) is 2.08. The molecule has 0 radical (unpaired) electrons. The van der Waals surface area contributed by atoms with Crippen molar-refractivity contribution in [1.29, 1.82) is 0 Å². The van der Waals surface area contributed by atoms with Crippen LogP contribution in [-0.2, 0) is 0 Å². The van der Waals surface area contributed by atoms with Crippen LogP contribution in [0.25, 0.3) is 0 Å². The summed E-state index contributed by atoms with van der Waals surface area (Å²) in [6.45, 7) is 10.9. The van der Waals surface area contributed by atoms with Crippen molar-refractivity contribution in [2.24, 2.45) is 0 Å². The molecule has 0 spiro atoms. The Morgan fingerprint density at radius 2 is 1.55 bits per heavy atom. The van der Waals surface area contributed by atoms with Crippen LogP contribution in [0.2, 0.25) is 18.1 Å². The first kappa shape index (κ1) is 11.2. The first-order valence-corrected chi connectivity index (χ1v) is 7.56. The van der Waals surface area contributed by atoms with Crippen LogP contribution in [-0.4, -0.2) is 14.0 Å². The predicted molar refractivity (Wildman–Crippen MR) is 57.1 cm³/mol. The topological polar surface area (TPSA) is 0 Å². The van der Waals surface area contributed by atoms with Gasteiger partial charge in [0.25, 0.3) is 0 Å². The molecule has 0 atom stereocenters. The minimum atomic E-state index is -1.15. The second-order valence-electron chi connectivity index (χ2n) is 3.08. The van der Waals surface area contributed by atoms with E-state index in [2.05, 4.69) is 27.4 Å². The summed E-state index contributed by atoms with van der Waals surface area (Å²) in [6, 6.07) is 3.89. The molecule has 0 aliphatic rings. The van der Waals surface area contributed by atoms with Gasteiger partial charge in [-0.3, -0.25) is 0 Å². The van der Waals surface area contributed by atoms with Gasteiger partial charge >= 0.3 is 0 Å². The highest BCUT2D eigenvalue weighted by Gasteiger charge is 2.28. The Bertz CT molecular complexity index is 119. The molecule has 0 fully saturated rings. The third-order valence-electron chi connectivity index (χ3n) is 2.94. The van der Waals surface area contributed by atoms with E-state index in [-0.39, 0.29) is 0 Å². The number of rotatable bonds is 5. The van der Waals surface area contributed by atoms with Crippen LogP contribution < -0.4 is 0 Å². The monoisotopic (exact) mass is 190 g/mol. The molecular weight excluding hydrogens is 172 g/mol. The smallest absolute Gasteiger partial charge is 0.0815 e. The van der Waals surface area contributed by atoms with E-state index in [1.807, 2.05) is 0 Å². The van der Waals surface area contributed by atoms with Gasteiger partial charge < -0.3 is 0 Å². The predicted octanol–water partition coefficient (Wildman–Crippen LogP) is 3.83. The van der Waals surface area contributed by atoms with E-state index in [1.165, 1.54) is 23.3 Å². The van der Waals surface area contributed by atoms with Crippen molar-refractivity contribution < 1.29 is 0 Å². The van der Waals surface area contributed by atoms with Gasteiger partial charge in [-0.2, -0.15) is 0 Å². The Balaban J connectivity index is 4.39. The number of hydrogen-bond acceptors (Lipinski definition) is 0. The molecule has 0 aliphatic heterocycles. The molecule has 2 heteroatoms. The summed E-state index contributed by atoms with van der Waals surface area (Å²) in [5, 5.41) is 1.34. The fourth-order valence-corrected chi connectivity index (χ4v) is 5.78. The van der Waals surface area contributed by atoms with Gasteiger partial charge in [0.05, 0.1) is 8.07 Å². The van der Waals surface area contributed by atoms with Gasteiger partial charge in [0, 0.05) is 5.88 Å². The lowest BCUT2D eigenvalue weighted by Gasteiger charge is -2.29. The highest BCUT2D eigenvalue weighted by molar-refractivity contribution is 6.86. The van der Waals surface area contributed by atoms with Gasteiger partial charge in [-0.1, -0.05) is 44.1 Å². The van der Waals surface area contributed by atoms with Crippen LogP contribution in [0, 0.1) is 0 Å². The van der Waals surface area contributed by atoms with E-state index in [1.54, 1.807) is 0 Å². The number of alkyl halides is 1. The van der Waals surface area contributed by atoms with Crippen LogP contribution >= 0.6 is 11.6 Å². The van der Waals surface area contributed by atoms with Crippen LogP contribution in [0.3, 0.4) is 0 Å². The maximum Gasteiger partial charge on any atom is 0.0815 e. The average molecular weight is 191 g/mol. The van der Waals surface area contributed by atoms with Gasteiger partial charge in [-0.05, 0) is 0 Å². The van der Waals surface area contributed by atoms with Gasteiger partial charge in [0.15, 0.2) is 0 Å². The minimum absolute atomic E-state index is 0.668. The Labute approximate surface area is 76.7 Å². The Morgan fingerprint density at radius 3 is 1.64 bits per heavy atom. The van der Waals surface area contributed by atoms with Crippen LogP contribution in [0.1, 0.15) is 20.8 Å². The summed E-state index contributed by atoms with van der Waals surface area (Å²) in [6.07, 6.45) is 0. The van der Waals surface area contributed by atoms with Crippen molar-refractivity contribution in [2.45, 2.75) is 38.9 Å².